The molecule has 0 spiro atoms. The molecule has 116 valence electrons. The van der Waals surface area contributed by atoms with Crippen molar-refractivity contribution in [3.63, 3.8) is 0 Å². The van der Waals surface area contributed by atoms with Gasteiger partial charge in [0, 0.05) is 18.3 Å². The molecule has 22 heavy (non-hydrogen) atoms. The number of benzene rings is 1. The normalized spacial score (nSPS) is 10.4. The summed E-state index contributed by atoms with van der Waals surface area (Å²) in [6, 6.07) is 7.53. The van der Waals surface area contributed by atoms with Crippen LogP contribution >= 0.6 is 0 Å². The summed E-state index contributed by atoms with van der Waals surface area (Å²) in [4.78, 5) is 25.7. The number of hydrogen-bond acceptors (Lipinski definition) is 3. The molecule has 2 amide bonds. The van der Waals surface area contributed by atoms with Crippen molar-refractivity contribution in [2.75, 3.05) is 18.9 Å². The largest absolute Gasteiger partial charge is 0.459 e. The first kappa shape index (κ1) is 15.8. The highest BCUT2D eigenvalue weighted by atomic mass is 16.3. The third kappa shape index (κ3) is 3.36. The van der Waals surface area contributed by atoms with E-state index in [2.05, 4.69) is 5.32 Å². The van der Waals surface area contributed by atoms with Crippen molar-refractivity contribution < 1.29 is 14.0 Å². The van der Waals surface area contributed by atoms with Gasteiger partial charge in [0.1, 0.15) is 0 Å². The lowest BCUT2D eigenvalue weighted by atomic mass is 10.1. The van der Waals surface area contributed by atoms with Gasteiger partial charge in [-0.2, -0.15) is 0 Å². The molecule has 5 nitrogen and oxygen atoms in total. The predicted octanol–water partition coefficient (Wildman–Crippen LogP) is 2.92. The number of amides is 2. The Kier molecular flexibility index (Phi) is 4.65. The van der Waals surface area contributed by atoms with Gasteiger partial charge in [-0.15, -0.1) is 0 Å². The highest BCUT2D eigenvalue weighted by Crippen LogP contribution is 2.19. The van der Waals surface area contributed by atoms with Gasteiger partial charge in [-0.25, -0.2) is 0 Å². The Balaban J connectivity index is 2.03. The number of anilines is 1. The fourth-order valence-electron chi connectivity index (χ4n) is 2.24. The molecule has 2 rings (SSSR count). The van der Waals surface area contributed by atoms with Gasteiger partial charge in [-0.05, 0) is 38.0 Å². The summed E-state index contributed by atoms with van der Waals surface area (Å²) in [5.74, 6) is -0.279. The molecule has 5 heteroatoms. The van der Waals surface area contributed by atoms with E-state index in [-0.39, 0.29) is 24.1 Å². The van der Waals surface area contributed by atoms with Crippen LogP contribution in [-0.4, -0.2) is 30.3 Å². The topological polar surface area (TPSA) is 62.6 Å². The fraction of sp³-hybridized carbons (Fsp3) is 0.294. The smallest absolute Gasteiger partial charge is 0.290 e. The third-order valence-electron chi connectivity index (χ3n) is 3.53. The Labute approximate surface area is 129 Å². The molecule has 0 fully saturated rings. The van der Waals surface area contributed by atoms with E-state index in [1.54, 1.807) is 20.0 Å². The number of carbonyl (C=O) groups excluding carboxylic acids is 2. The van der Waals surface area contributed by atoms with Crippen LogP contribution in [0.15, 0.2) is 34.9 Å². The third-order valence-corrected chi connectivity index (χ3v) is 3.53. The van der Waals surface area contributed by atoms with E-state index in [0.717, 1.165) is 22.4 Å². The first-order valence-electron chi connectivity index (χ1n) is 7.05. The zero-order valence-corrected chi connectivity index (χ0v) is 13.3. The van der Waals surface area contributed by atoms with Crippen molar-refractivity contribution in [2.45, 2.75) is 20.8 Å². The highest BCUT2D eigenvalue weighted by molar-refractivity contribution is 5.99. The second-order valence-corrected chi connectivity index (χ2v) is 5.41. The van der Waals surface area contributed by atoms with E-state index in [1.807, 2.05) is 32.0 Å². The van der Waals surface area contributed by atoms with Gasteiger partial charge in [0.15, 0.2) is 5.76 Å². The van der Waals surface area contributed by atoms with E-state index < -0.39 is 0 Å². The van der Waals surface area contributed by atoms with Crippen LogP contribution < -0.4 is 5.32 Å². The van der Waals surface area contributed by atoms with E-state index in [1.165, 1.54) is 11.2 Å². The molecule has 0 aliphatic carbocycles. The van der Waals surface area contributed by atoms with Gasteiger partial charge >= 0.3 is 0 Å². The van der Waals surface area contributed by atoms with Crippen molar-refractivity contribution in [1.82, 2.24) is 4.90 Å². The van der Waals surface area contributed by atoms with Crippen LogP contribution in [0.4, 0.5) is 5.69 Å². The summed E-state index contributed by atoms with van der Waals surface area (Å²) in [5.41, 5.74) is 3.53. The number of nitrogens with zero attached hydrogens (tertiary/aromatic N) is 1. The molecule has 0 aliphatic heterocycles. The van der Waals surface area contributed by atoms with Crippen molar-refractivity contribution in [3.8, 4) is 0 Å². The van der Waals surface area contributed by atoms with Gasteiger partial charge in [-0.1, -0.05) is 18.2 Å². The molecule has 0 saturated heterocycles. The van der Waals surface area contributed by atoms with Crippen LogP contribution in [0.3, 0.4) is 0 Å². The summed E-state index contributed by atoms with van der Waals surface area (Å²) in [6.07, 6.45) is 1.47. The number of hydrogen-bond donors (Lipinski definition) is 1. The highest BCUT2D eigenvalue weighted by Gasteiger charge is 2.20. The molecular weight excluding hydrogens is 280 g/mol. The zero-order valence-electron chi connectivity index (χ0n) is 13.3. The minimum Gasteiger partial charge on any atom is -0.459 e. The van der Waals surface area contributed by atoms with Gasteiger partial charge in [-0.3, -0.25) is 9.59 Å². The monoisotopic (exact) mass is 300 g/mol. The quantitative estimate of drug-likeness (QED) is 0.944. The molecule has 0 unspecified atom stereocenters. The average Bonchev–Trinajstić information content (AvgIpc) is 2.88. The molecule has 0 bridgehead atoms. The lowest BCUT2D eigenvalue weighted by Gasteiger charge is -2.17. The average molecular weight is 300 g/mol. The molecule has 2 aromatic rings. The van der Waals surface area contributed by atoms with Crippen molar-refractivity contribution in [2.24, 2.45) is 0 Å². The fourth-order valence-corrected chi connectivity index (χ4v) is 2.24. The number of carbonyl (C=O) groups is 2. The molecular formula is C17H20N2O3. The van der Waals surface area contributed by atoms with Gasteiger partial charge < -0.3 is 14.6 Å². The summed E-state index contributed by atoms with van der Waals surface area (Å²) >= 11 is 0. The van der Waals surface area contributed by atoms with Crippen LogP contribution in [0.1, 0.15) is 27.2 Å². The first-order chi connectivity index (χ1) is 10.4. The maximum atomic E-state index is 12.2. The lowest BCUT2D eigenvalue weighted by Crippen LogP contribution is -2.35. The Hall–Kier alpha value is -2.56. The standard InChI is InChI=1S/C17H20N2O3/c1-11-6-5-7-12(2)15(11)18-14(20)10-19(4)17(21)16-13(3)8-9-22-16/h5-9H,10H2,1-4H3,(H,18,20). The number of likely N-dealkylation sites (N-methyl/N-ethyl adjacent to an activating group) is 1. The Bertz CT molecular complexity index is 683. The SMILES string of the molecule is Cc1ccoc1C(=O)N(C)CC(=O)Nc1c(C)cccc1C. The molecule has 1 aromatic heterocycles. The molecule has 0 saturated carbocycles. The maximum absolute atomic E-state index is 12.2. The maximum Gasteiger partial charge on any atom is 0.290 e. The van der Waals surface area contributed by atoms with Crippen LogP contribution in [0.2, 0.25) is 0 Å². The molecule has 0 atom stereocenters. The lowest BCUT2D eigenvalue weighted by molar-refractivity contribution is -0.116. The summed E-state index contributed by atoms with van der Waals surface area (Å²) in [6.45, 7) is 5.63. The second kappa shape index (κ2) is 6.47. The number of aryl methyl sites for hydroxylation is 3. The molecule has 0 radical (unpaired) electrons. The van der Waals surface area contributed by atoms with Crippen molar-refractivity contribution >= 4 is 17.5 Å². The summed E-state index contributed by atoms with van der Waals surface area (Å²) < 4.78 is 5.16. The summed E-state index contributed by atoms with van der Waals surface area (Å²) in [7, 11) is 1.58. The molecule has 1 aromatic carbocycles. The van der Waals surface area contributed by atoms with Gasteiger partial charge in [0.25, 0.3) is 5.91 Å². The predicted molar refractivity (Wildman–Crippen MR) is 85.0 cm³/mol. The molecule has 1 heterocycles. The zero-order chi connectivity index (χ0) is 16.3. The van der Waals surface area contributed by atoms with Crippen LogP contribution in [0.25, 0.3) is 0 Å². The minimum absolute atomic E-state index is 0.0350. The van der Waals surface area contributed by atoms with Crippen molar-refractivity contribution in [1.29, 1.82) is 0 Å². The Morgan fingerprint density at radius 3 is 2.27 bits per heavy atom. The number of rotatable bonds is 4. The molecule has 0 aliphatic rings. The summed E-state index contributed by atoms with van der Waals surface area (Å²) in [5, 5.41) is 2.86. The number of para-hydroxylation sites is 1. The van der Waals surface area contributed by atoms with E-state index in [0.29, 0.717) is 0 Å². The minimum atomic E-state index is -0.306. The second-order valence-electron chi connectivity index (χ2n) is 5.41. The molecule has 1 N–H and O–H groups in total. The Morgan fingerprint density at radius 1 is 1.09 bits per heavy atom. The van der Waals surface area contributed by atoms with Crippen LogP contribution in [-0.2, 0) is 4.79 Å². The number of furan rings is 1. The van der Waals surface area contributed by atoms with Crippen LogP contribution in [0, 0.1) is 20.8 Å². The first-order valence-corrected chi connectivity index (χ1v) is 7.05. The van der Waals surface area contributed by atoms with E-state index in [4.69, 9.17) is 4.42 Å². The van der Waals surface area contributed by atoms with E-state index >= 15 is 0 Å². The van der Waals surface area contributed by atoms with Crippen molar-refractivity contribution in [3.05, 3.63) is 53.0 Å². The number of nitrogens with one attached hydrogen (secondary N) is 1. The Morgan fingerprint density at radius 2 is 1.73 bits per heavy atom. The van der Waals surface area contributed by atoms with E-state index in [9.17, 15) is 9.59 Å². The van der Waals surface area contributed by atoms with Gasteiger partial charge in [0.05, 0.1) is 12.8 Å². The van der Waals surface area contributed by atoms with Crippen LogP contribution in [0.5, 0.6) is 0 Å². The van der Waals surface area contributed by atoms with Gasteiger partial charge in [0.2, 0.25) is 5.91 Å².